The summed E-state index contributed by atoms with van der Waals surface area (Å²) in [6.45, 7) is 6.98. The lowest BCUT2D eigenvalue weighted by molar-refractivity contribution is -0.152. The Bertz CT molecular complexity index is 627. The zero-order chi connectivity index (χ0) is 19.4. The van der Waals surface area contributed by atoms with E-state index in [1.54, 1.807) is 13.8 Å². The minimum Gasteiger partial charge on any atom is -0.492 e. The number of halogens is 3. The normalized spacial score (nSPS) is 16.4. The van der Waals surface area contributed by atoms with Gasteiger partial charge >= 0.3 is 12.1 Å². The highest BCUT2D eigenvalue weighted by Gasteiger charge is 2.33. The van der Waals surface area contributed by atoms with Crippen molar-refractivity contribution >= 4 is 5.97 Å². The second kappa shape index (κ2) is 8.26. The average Bonchev–Trinajstić information content (AvgIpc) is 2.60. The molecule has 26 heavy (non-hydrogen) atoms. The molecule has 1 aliphatic rings. The van der Waals surface area contributed by atoms with Crippen molar-refractivity contribution in [2.75, 3.05) is 39.9 Å². The number of alkyl halides is 3. The van der Waals surface area contributed by atoms with Gasteiger partial charge in [-0.05, 0) is 26.0 Å². The Labute approximate surface area is 151 Å². The second-order valence-electron chi connectivity index (χ2n) is 7.01. The van der Waals surface area contributed by atoms with Crippen LogP contribution in [0.3, 0.4) is 0 Å². The summed E-state index contributed by atoms with van der Waals surface area (Å²) in [4.78, 5) is 13.9. The number of rotatable bonds is 6. The number of ether oxygens (including phenoxy) is 2. The Balaban J connectivity index is 2.22. The van der Waals surface area contributed by atoms with E-state index in [2.05, 4.69) is 10.2 Å². The Morgan fingerprint density at radius 3 is 2.46 bits per heavy atom. The number of carbonyl (C=O) groups is 1. The molecular formula is C18H25F3N2O3. The van der Waals surface area contributed by atoms with Gasteiger partial charge < -0.3 is 14.8 Å². The third kappa shape index (κ3) is 5.35. The largest absolute Gasteiger partial charge is 0.492 e. The summed E-state index contributed by atoms with van der Waals surface area (Å²) >= 11 is 0. The molecule has 1 N–H and O–H groups in total. The predicted molar refractivity (Wildman–Crippen MR) is 90.9 cm³/mol. The molecule has 2 rings (SSSR count). The first kappa shape index (κ1) is 20.5. The van der Waals surface area contributed by atoms with Crippen LogP contribution in [0.4, 0.5) is 13.2 Å². The van der Waals surface area contributed by atoms with Gasteiger partial charge in [0, 0.05) is 38.3 Å². The molecule has 0 aliphatic carbocycles. The molecule has 1 aromatic rings. The van der Waals surface area contributed by atoms with E-state index in [-0.39, 0.29) is 12.4 Å². The van der Waals surface area contributed by atoms with Gasteiger partial charge in [-0.25, -0.2) is 0 Å². The number of methoxy groups -OCH3 is 1. The number of piperazine rings is 1. The summed E-state index contributed by atoms with van der Waals surface area (Å²) in [5.41, 5.74) is -1.07. The van der Waals surface area contributed by atoms with Crippen LogP contribution in [-0.4, -0.2) is 50.8 Å². The van der Waals surface area contributed by atoms with E-state index in [0.29, 0.717) is 12.1 Å². The van der Waals surface area contributed by atoms with Crippen LogP contribution in [0.1, 0.15) is 25.0 Å². The fraction of sp³-hybridized carbons (Fsp3) is 0.611. The summed E-state index contributed by atoms with van der Waals surface area (Å²) in [5.74, 6) is -0.330. The van der Waals surface area contributed by atoms with E-state index < -0.39 is 23.1 Å². The maximum atomic E-state index is 13.1. The van der Waals surface area contributed by atoms with Gasteiger partial charge in [-0.2, -0.15) is 13.2 Å². The van der Waals surface area contributed by atoms with Gasteiger partial charge in [0.05, 0.1) is 18.1 Å². The van der Waals surface area contributed by atoms with E-state index in [9.17, 15) is 18.0 Å². The Morgan fingerprint density at radius 1 is 1.23 bits per heavy atom. The number of nitrogens with zero attached hydrogens (tertiary/aromatic N) is 1. The van der Waals surface area contributed by atoms with E-state index in [4.69, 9.17) is 9.47 Å². The Hall–Kier alpha value is -1.80. The third-order valence-corrected chi connectivity index (χ3v) is 4.32. The molecule has 0 saturated carbocycles. The van der Waals surface area contributed by atoms with E-state index in [1.807, 2.05) is 0 Å². The fourth-order valence-electron chi connectivity index (χ4n) is 2.70. The predicted octanol–water partition coefficient (Wildman–Crippen LogP) is 2.69. The zero-order valence-electron chi connectivity index (χ0n) is 15.3. The molecule has 5 nitrogen and oxygen atoms in total. The smallest absolute Gasteiger partial charge is 0.416 e. The highest BCUT2D eigenvalue weighted by Crippen LogP contribution is 2.34. The van der Waals surface area contributed by atoms with Gasteiger partial charge in [0.2, 0.25) is 0 Å². The van der Waals surface area contributed by atoms with Crippen LogP contribution in [0.15, 0.2) is 18.2 Å². The maximum Gasteiger partial charge on any atom is 0.416 e. The lowest BCUT2D eigenvalue weighted by Crippen LogP contribution is -2.43. The fourth-order valence-corrected chi connectivity index (χ4v) is 2.70. The van der Waals surface area contributed by atoms with Crippen LogP contribution in [-0.2, 0) is 22.3 Å². The maximum absolute atomic E-state index is 13.1. The molecule has 146 valence electrons. The Kier molecular flexibility index (Phi) is 6.52. The van der Waals surface area contributed by atoms with E-state index >= 15 is 0 Å². The Morgan fingerprint density at radius 2 is 1.88 bits per heavy atom. The lowest BCUT2D eigenvalue weighted by atomic mass is 9.95. The van der Waals surface area contributed by atoms with Gasteiger partial charge in [0.1, 0.15) is 12.4 Å². The minimum absolute atomic E-state index is 0.0739. The van der Waals surface area contributed by atoms with Crippen molar-refractivity contribution in [1.29, 1.82) is 0 Å². The molecule has 0 aromatic heterocycles. The molecule has 0 bridgehead atoms. The highest BCUT2D eigenvalue weighted by molar-refractivity contribution is 5.75. The van der Waals surface area contributed by atoms with Crippen molar-refractivity contribution in [2.45, 2.75) is 26.6 Å². The van der Waals surface area contributed by atoms with Gasteiger partial charge in [-0.15, -0.1) is 0 Å². The van der Waals surface area contributed by atoms with Crippen molar-refractivity contribution in [3.63, 3.8) is 0 Å². The topological polar surface area (TPSA) is 50.8 Å². The van der Waals surface area contributed by atoms with E-state index in [0.717, 1.165) is 38.3 Å². The van der Waals surface area contributed by atoms with Gasteiger partial charge in [-0.1, -0.05) is 6.07 Å². The molecule has 0 amide bonds. The monoisotopic (exact) mass is 374 g/mol. The quantitative estimate of drug-likeness (QED) is 0.776. The van der Waals surface area contributed by atoms with Crippen molar-refractivity contribution in [2.24, 2.45) is 5.41 Å². The summed E-state index contributed by atoms with van der Waals surface area (Å²) in [7, 11) is 1.27. The standard InChI is InChI=1S/C18H25F3N2O3/c1-17(2,16(24)25-3)12-26-15-10-14(18(19,20)21)5-4-13(15)11-23-8-6-22-7-9-23/h4-5,10,22H,6-9,11-12H2,1-3H3. The van der Waals surface area contributed by atoms with Crippen LogP contribution in [0.25, 0.3) is 0 Å². The number of benzene rings is 1. The van der Waals surface area contributed by atoms with Crippen LogP contribution in [0.2, 0.25) is 0 Å². The van der Waals surface area contributed by atoms with E-state index in [1.165, 1.54) is 13.2 Å². The van der Waals surface area contributed by atoms with Crippen molar-refractivity contribution in [3.8, 4) is 5.75 Å². The minimum atomic E-state index is -4.45. The van der Waals surface area contributed by atoms with Crippen molar-refractivity contribution in [1.82, 2.24) is 10.2 Å². The molecule has 1 aromatic carbocycles. The SMILES string of the molecule is COC(=O)C(C)(C)COc1cc(C(F)(F)F)ccc1CN1CCNCC1. The first-order valence-corrected chi connectivity index (χ1v) is 8.48. The molecule has 0 unspecified atom stereocenters. The number of nitrogens with one attached hydrogen (secondary N) is 1. The molecule has 1 fully saturated rings. The highest BCUT2D eigenvalue weighted by atomic mass is 19.4. The molecular weight excluding hydrogens is 349 g/mol. The summed E-state index contributed by atoms with van der Waals surface area (Å²) < 4.78 is 49.6. The van der Waals surface area contributed by atoms with Crippen LogP contribution < -0.4 is 10.1 Å². The summed E-state index contributed by atoms with van der Waals surface area (Å²) in [6, 6.07) is 3.52. The van der Waals surface area contributed by atoms with Crippen molar-refractivity contribution in [3.05, 3.63) is 29.3 Å². The molecule has 1 heterocycles. The molecule has 1 saturated heterocycles. The van der Waals surface area contributed by atoms with Crippen LogP contribution in [0, 0.1) is 5.41 Å². The molecule has 8 heteroatoms. The van der Waals surface area contributed by atoms with Crippen LogP contribution >= 0.6 is 0 Å². The first-order chi connectivity index (χ1) is 12.1. The first-order valence-electron chi connectivity index (χ1n) is 8.48. The molecule has 0 radical (unpaired) electrons. The molecule has 0 spiro atoms. The number of carbonyl (C=O) groups excluding carboxylic acids is 1. The number of esters is 1. The second-order valence-corrected chi connectivity index (χ2v) is 7.01. The van der Waals surface area contributed by atoms with Gasteiger partial charge in [0.15, 0.2) is 0 Å². The van der Waals surface area contributed by atoms with Crippen LogP contribution in [0.5, 0.6) is 5.75 Å². The average molecular weight is 374 g/mol. The lowest BCUT2D eigenvalue weighted by Gasteiger charge is -2.28. The van der Waals surface area contributed by atoms with Crippen molar-refractivity contribution < 1.29 is 27.4 Å². The van der Waals surface area contributed by atoms with Gasteiger partial charge in [0.25, 0.3) is 0 Å². The van der Waals surface area contributed by atoms with Gasteiger partial charge in [-0.3, -0.25) is 9.69 Å². The number of hydrogen-bond donors (Lipinski definition) is 1. The molecule has 1 aliphatic heterocycles. The summed E-state index contributed by atoms with van der Waals surface area (Å²) in [5, 5.41) is 3.24. The zero-order valence-corrected chi connectivity index (χ0v) is 15.3. The summed E-state index contributed by atoms with van der Waals surface area (Å²) in [6.07, 6.45) is -4.45. The third-order valence-electron chi connectivity index (χ3n) is 4.32. The molecule has 0 atom stereocenters. The number of hydrogen-bond acceptors (Lipinski definition) is 5.